The molecule has 11 N–H and O–H groups in total. The van der Waals surface area contributed by atoms with E-state index in [0.29, 0.717) is 39.2 Å². The van der Waals surface area contributed by atoms with Gasteiger partial charge >= 0.3 is 11.9 Å². The quantitative estimate of drug-likeness (QED) is 0.0427. The number of aliphatic hydroxyl groups excluding tert-OH is 5. The maximum atomic E-state index is 12.8. The largest absolute Gasteiger partial charge is 0.487 e. The SMILES string of the molecule is N[C@@H]1NC=C[C@@]2(O[C@H]3Oc4cc5c(c(Cn6cc7cc[nH]c7c6CO)c4CC[C@@]3(O)[C@@H](O)[C@@H]2O)[C@@H]2Oc3c4ccc(OCO)c3OC[C@@H](O)C#C[C@H](c3ccccc3)[C@H](O5)[C@@H]42)[C@H]1OC(=O)CC(=O)O. The van der Waals surface area contributed by atoms with Crippen molar-refractivity contribution >= 4 is 22.8 Å². The number of rotatable bonds is 9. The minimum Gasteiger partial charge on any atom is -0.487 e. The Kier molecular flexibility index (Phi) is 11.0. The van der Waals surface area contributed by atoms with Gasteiger partial charge in [0.2, 0.25) is 12.0 Å². The van der Waals surface area contributed by atoms with Gasteiger partial charge in [-0.1, -0.05) is 48.2 Å². The van der Waals surface area contributed by atoms with Crippen molar-refractivity contribution in [1.29, 1.82) is 0 Å². The Bertz CT molecular complexity index is 2940. The number of carboxylic acid groups (broad SMARTS) is 1. The van der Waals surface area contributed by atoms with Crippen LogP contribution >= 0.6 is 0 Å². The minimum absolute atomic E-state index is 0.0131. The van der Waals surface area contributed by atoms with Gasteiger partial charge in [0.15, 0.2) is 35.6 Å². The zero-order valence-electron chi connectivity index (χ0n) is 36.6. The lowest BCUT2D eigenvalue weighted by Crippen LogP contribution is -2.77. The van der Waals surface area contributed by atoms with Crippen LogP contribution in [0.25, 0.3) is 10.9 Å². The summed E-state index contributed by atoms with van der Waals surface area (Å²) >= 11 is 0. The molecule has 20 heteroatoms. The number of carboxylic acids is 1. The van der Waals surface area contributed by atoms with Crippen LogP contribution in [0.1, 0.15) is 64.3 Å². The Labute approximate surface area is 392 Å². The fraction of sp³-hybridized carbons (Fsp3) is 0.388. The second-order valence-corrected chi connectivity index (χ2v) is 18.0. The maximum absolute atomic E-state index is 12.8. The Balaban J connectivity index is 1.10. The van der Waals surface area contributed by atoms with Crippen LogP contribution in [0.5, 0.6) is 28.7 Å². The molecule has 8 heterocycles. The van der Waals surface area contributed by atoms with E-state index in [0.717, 1.165) is 10.9 Å². The first-order valence-electron chi connectivity index (χ1n) is 22.4. The molecular formula is C49H48N4O16. The zero-order chi connectivity index (χ0) is 47.9. The molecule has 1 saturated heterocycles. The third-order valence-electron chi connectivity index (χ3n) is 14.1. The molecule has 0 aliphatic carbocycles. The lowest BCUT2D eigenvalue weighted by molar-refractivity contribution is -0.354. The van der Waals surface area contributed by atoms with Gasteiger partial charge in [-0.3, -0.25) is 9.59 Å². The Morgan fingerprint density at radius 2 is 1.81 bits per heavy atom. The second kappa shape index (κ2) is 17.0. The highest BCUT2D eigenvalue weighted by molar-refractivity contribution is 5.90. The van der Waals surface area contributed by atoms with Crippen molar-refractivity contribution in [1.82, 2.24) is 14.9 Å². The third kappa shape index (κ3) is 7.15. The van der Waals surface area contributed by atoms with Crippen LogP contribution in [0, 0.1) is 11.8 Å². The Morgan fingerprint density at radius 1 is 0.986 bits per heavy atom. The summed E-state index contributed by atoms with van der Waals surface area (Å²) in [6, 6.07) is 16.4. The number of esters is 1. The maximum Gasteiger partial charge on any atom is 0.317 e. The van der Waals surface area contributed by atoms with Crippen molar-refractivity contribution in [2.45, 2.75) is 105 Å². The monoisotopic (exact) mass is 948 g/mol. The van der Waals surface area contributed by atoms with Crippen LogP contribution in [0.4, 0.5) is 0 Å². The molecular weight excluding hydrogens is 901 g/mol. The second-order valence-electron chi connectivity index (χ2n) is 18.0. The number of nitrogens with two attached hydrogens (primary N) is 1. The number of ether oxygens (including phenoxy) is 7. The van der Waals surface area contributed by atoms with E-state index in [4.69, 9.17) is 38.9 Å². The van der Waals surface area contributed by atoms with Crippen molar-refractivity contribution in [2.24, 2.45) is 5.73 Å². The van der Waals surface area contributed by atoms with Gasteiger partial charge in [-0.25, -0.2) is 0 Å². The number of hydrogen-bond acceptors (Lipinski definition) is 17. The predicted molar refractivity (Wildman–Crippen MR) is 237 cm³/mol. The van der Waals surface area contributed by atoms with Crippen molar-refractivity contribution in [3.63, 3.8) is 0 Å². The van der Waals surface area contributed by atoms with Crippen LogP contribution in [-0.4, -0.2) is 125 Å². The first kappa shape index (κ1) is 44.7. The summed E-state index contributed by atoms with van der Waals surface area (Å²) in [5, 5.41) is 81.3. The fourth-order valence-corrected chi connectivity index (χ4v) is 10.9. The standard InChI is InChI=1S/C49H48N4O16/c50-46-45(67-35(59)17-34(57)58)49(13-15-52-46)44(61)43(60)48(62)12-10-27-29(19-53-18-24-11-14-51-38(24)30(53)20-54)36-33(16-32(27)66-47(48)69-49)65-39-26(23-4-2-1-3-5-23)7-6-25(56)21-63-41-31(64-22-55)9-8-28-37(39)42(36)68-40(28)41/h1-5,8-9,11,13-16,18,25-26,37,39,42-47,51-52,54-56,60-62H,10,12,17,19-22,50H2,(H,57,58)/t25-,26+,37+,39-,42-,43-,44-,45-,46+,47+,48+,49-/m0/s1. The molecule has 12 atom stereocenters. The van der Waals surface area contributed by atoms with Gasteiger partial charge in [-0.2, -0.15) is 0 Å². The molecule has 0 amide bonds. The van der Waals surface area contributed by atoms with Gasteiger partial charge in [0.1, 0.15) is 61.2 Å². The highest BCUT2D eigenvalue weighted by Crippen LogP contribution is 2.62. The topological polar surface area (TPSA) is 299 Å². The van der Waals surface area contributed by atoms with E-state index in [2.05, 4.69) is 22.1 Å². The number of hydrogen-bond donors (Lipinski definition) is 10. The van der Waals surface area contributed by atoms with Crippen molar-refractivity contribution in [3.05, 3.63) is 113 Å². The average Bonchev–Trinajstić information content (AvgIpc) is 4.01. The summed E-state index contributed by atoms with van der Waals surface area (Å²) in [5.41, 5.74) is 6.31. The number of H-pyrrole nitrogens is 1. The molecule has 5 aromatic rings. The first-order valence-corrected chi connectivity index (χ1v) is 22.4. The summed E-state index contributed by atoms with van der Waals surface area (Å²) in [6.45, 7) is -1.19. The van der Waals surface area contributed by atoms with E-state index in [1.54, 1.807) is 18.3 Å². The molecule has 20 nitrogen and oxygen atoms in total. The molecule has 69 heavy (non-hydrogen) atoms. The lowest BCUT2D eigenvalue weighted by atomic mass is 9.73. The van der Waals surface area contributed by atoms with Crippen LogP contribution < -0.4 is 34.7 Å². The Hall–Kier alpha value is -6.80. The van der Waals surface area contributed by atoms with Gasteiger partial charge in [0.05, 0.1) is 29.7 Å². The molecule has 0 radical (unpaired) electrons. The molecule has 6 aliphatic heterocycles. The average molecular weight is 949 g/mol. The number of aromatic amines is 1. The highest BCUT2D eigenvalue weighted by Gasteiger charge is 2.67. The van der Waals surface area contributed by atoms with Crippen LogP contribution in [0.3, 0.4) is 0 Å². The summed E-state index contributed by atoms with van der Waals surface area (Å²) in [6.07, 6.45) is -6.66. The number of nitrogens with zero attached hydrogens (tertiary/aromatic N) is 1. The van der Waals surface area contributed by atoms with Crippen molar-refractivity contribution in [2.75, 3.05) is 13.4 Å². The molecule has 0 unspecified atom stereocenters. The van der Waals surface area contributed by atoms with E-state index in [1.807, 2.05) is 53.2 Å². The van der Waals surface area contributed by atoms with Gasteiger partial charge < -0.3 is 89.5 Å². The van der Waals surface area contributed by atoms with Crippen LogP contribution in [0.15, 0.2) is 79.3 Å². The molecule has 0 saturated carbocycles. The number of carbonyl (C=O) groups is 2. The first-order chi connectivity index (χ1) is 33.3. The number of nitrogens with one attached hydrogen (secondary N) is 2. The highest BCUT2D eigenvalue weighted by atomic mass is 16.7. The molecule has 4 bridgehead atoms. The molecule has 6 aliphatic rings. The summed E-state index contributed by atoms with van der Waals surface area (Å²) in [4.78, 5) is 27.5. The number of benzene rings is 3. The number of aromatic nitrogens is 2. The van der Waals surface area contributed by atoms with Crippen LogP contribution in [-0.2, 0) is 38.6 Å². The number of fused-ring (bicyclic) bond motifs is 5. The molecule has 11 rings (SSSR count). The predicted octanol–water partition coefficient (Wildman–Crippen LogP) is 1.02. The van der Waals surface area contributed by atoms with E-state index in [1.165, 1.54) is 12.3 Å². The van der Waals surface area contributed by atoms with E-state index in [9.17, 15) is 45.3 Å². The third-order valence-corrected chi connectivity index (χ3v) is 14.1. The van der Waals surface area contributed by atoms with E-state index in [-0.39, 0.29) is 55.6 Å². The van der Waals surface area contributed by atoms with E-state index >= 15 is 0 Å². The van der Waals surface area contributed by atoms with Gasteiger partial charge in [-0.05, 0) is 48.4 Å². The molecule has 2 aromatic heterocycles. The number of carbonyl (C=O) groups excluding carboxylic acids is 1. The summed E-state index contributed by atoms with van der Waals surface area (Å²) in [5.74, 6) is 3.29. The van der Waals surface area contributed by atoms with Gasteiger partial charge in [0, 0.05) is 47.1 Å². The number of aliphatic hydroxyl groups is 6. The van der Waals surface area contributed by atoms with Crippen molar-refractivity contribution in [3.8, 4) is 40.6 Å². The Morgan fingerprint density at radius 3 is 2.59 bits per heavy atom. The lowest BCUT2D eigenvalue weighted by Gasteiger charge is -2.55. The smallest absolute Gasteiger partial charge is 0.317 e. The van der Waals surface area contributed by atoms with Gasteiger partial charge in [-0.15, -0.1) is 0 Å². The normalized spacial score (nSPS) is 31.3. The molecule has 360 valence electrons. The fourth-order valence-electron chi connectivity index (χ4n) is 10.9. The van der Waals surface area contributed by atoms with Crippen molar-refractivity contribution < 1.29 is 78.5 Å². The summed E-state index contributed by atoms with van der Waals surface area (Å²) in [7, 11) is 0. The molecule has 3 aromatic carbocycles. The minimum atomic E-state index is -2.33. The molecule has 1 fully saturated rings. The molecule has 1 spiro atoms. The summed E-state index contributed by atoms with van der Waals surface area (Å²) < 4.78 is 46.8. The van der Waals surface area contributed by atoms with E-state index < -0.39 is 97.3 Å². The van der Waals surface area contributed by atoms with Crippen LogP contribution in [0.2, 0.25) is 0 Å². The van der Waals surface area contributed by atoms with Gasteiger partial charge in [0.25, 0.3) is 0 Å². The number of aliphatic carboxylic acids is 1. The zero-order valence-corrected chi connectivity index (χ0v) is 36.6.